The van der Waals surface area contributed by atoms with E-state index >= 15 is 0 Å². The maximum absolute atomic E-state index is 12.6. The zero-order chi connectivity index (χ0) is 19.6. The van der Waals surface area contributed by atoms with E-state index < -0.39 is 12.6 Å². The Hall–Kier alpha value is -2.50. The number of aromatic nitrogens is 1. The predicted molar refractivity (Wildman–Crippen MR) is 103 cm³/mol. The minimum absolute atomic E-state index is 0.0527. The molecule has 5 nitrogen and oxygen atoms in total. The standard InChI is InChI=1S/C20H17Cl2NO4/c1-12-9-15(13(2)23(12)10-14-5-4-8-26-14)18(24)11-27-20(25)19-16(21)6-3-7-17(19)22/h3-9H,10-11H2,1-2H3. The lowest BCUT2D eigenvalue weighted by Crippen LogP contribution is -2.15. The fourth-order valence-electron chi connectivity index (χ4n) is 2.86. The van der Waals surface area contributed by atoms with Crippen molar-refractivity contribution in [1.82, 2.24) is 4.57 Å². The largest absolute Gasteiger partial charge is 0.467 e. The fourth-order valence-corrected chi connectivity index (χ4v) is 3.41. The van der Waals surface area contributed by atoms with Crippen LogP contribution in [-0.2, 0) is 11.3 Å². The second-order valence-corrected chi connectivity index (χ2v) is 6.86. The van der Waals surface area contributed by atoms with Crippen molar-refractivity contribution < 1.29 is 18.7 Å². The molecule has 0 bridgehead atoms. The van der Waals surface area contributed by atoms with Crippen molar-refractivity contribution in [3.05, 3.63) is 81.0 Å². The number of ether oxygens (including phenoxy) is 1. The highest BCUT2D eigenvalue weighted by molar-refractivity contribution is 6.39. The van der Waals surface area contributed by atoms with Crippen LogP contribution in [0.25, 0.3) is 0 Å². The molecule has 0 N–H and O–H groups in total. The van der Waals surface area contributed by atoms with Gasteiger partial charge in [0, 0.05) is 17.0 Å². The Bertz CT molecular complexity index is 970. The summed E-state index contributed by atoms with van der Waals surface area (Å²) in [4.78, 5) is 24.8. The number of carbonyl (C=O) groups excluding carboxylic acids is 2. The van der Waals surface area contributed by atoms with Crippen LogP contribution >= 0.6 is 23.2 Å². The van der Waals surface area contributed by atoms with Gasteiger partial charge in [-0.3, -0.25) is 4.79 Å². The highest BCUT2D eigenvalue weighted by Gasteiger charge is 2.20. The molecule has 3 rings (SSSR count). The van der Waals surface area contributed by atoms with Gasteiger partial charge < -0.3 is 13.7 Å². The van der Waals surface area contributed by atoms with Gasteiger partial charge in [-0.1, -0.05) is 29.3 Å². The first-order valence-corrected chi connectivity index (χ1v) is 8.97. The Labute approximate surface area is 166 Å². The Kier molecular flexibility index (Phi) is 5.73. The summed E-state index contributed by atoms with van der Waals surface area (Å²) in [7, 11) is 0. The number of aryl methyl sites for hydroxylation is 1. The van der Waals surface area contributed by atoms with Crippen LogP contribution in [0.1, 0.15) is 37.9 Å². The zero-order valence-electron chi connectivity index (χ0n) is 14.8. The third kappa shape index (κ3) is 4.10. The molecule has 0 fully saturated rings. The lowest BCUT2D eigenvalue weighted by Gasteiger charge is -2.09. The van der Waals surface area contributed by atoms with Crippen molar-refractivity contribution in [1.29, 1.82) is 0 Å². The van der Waals surface area contributed by atoms with E-state index in [0.29, 0.717) is 12.1 Å². The Balaban J connectivity index is 1.72. The number of hydrogen-bond donors (Lipinski definition) is 0. The van der Waals surface area contributed by atoms with Gasteiger partial charge in [0.2, 0.25) is 5.78 Å². The normalized spacial score (nSPS) is 10.8. The van der Waals surface area contributed by atoms with Crippen LogP contribution in [0.3, 0.4) is 0 Å². The summed E-state index contributed by atoms with van der Waals surface area (Å²) in [5.41, 5.74) is 2.24. The molecule has 2 heterocycles. The molecule has 0 saturated heterocycles. The molecule has 0 amide bonds. The Morgan fingerprint density at radius 1 is 1.11 bits per heavy atom. The van der Waals surface area contributed by atoms with Crippen LogP contribution < -0.4 is 0 Å². The van der Waals surface area contributed by atoms with Gasteiger partial charge in [-0.25, -0.2) is 4.79 Å². The summed E-state index contributed by atoms with van der Waals surface area (Å²) in [6, 6.07) is 10.2. The van der Waals surface area contributed by atoms with Crippen LogP contribution in [0, 0.1) is 13.8 Å². The van der Waals surface area contributed by atoms with Crippen LogP contribution in [0.15, 0.2) is 47.1 Å². The molecule has 1 aromatic carbocycles. The minimum Gasteiger partial charge on any atom is -0.467 e. The van der Waals surface area contributed by atoms with Crippen molar-refractivity contribution in [2.24, 2.45) is 0 Å². The van der Waals surface area contributed by atoms with Gasteiger partial charge in [-0.05, 0) is 44.2 Å². The molecule has 7 heteroatoms. The van der Waals surface area contributed by atoms with Gasteiger partial charge in [0.15, 0.2) is 6.61 Å². The Morgan fingerprint density at radius 2 is 1.81 bits per heavy atom. The molecule has 140 valence electrons. The molecule has 3 aromatic rings. The third-order valence-electron chi connectivity index (χ3n) is 4.27. The first-order valence-electron chi connectivity index (χ1n) is 8.22. The van der Waals surface area contributed by atoms with Gasteiger partial charge in [-0.2, -0.15) is 0 Å². The molecule has 0 saturated carbocycles. The molecule has 0 aliphatic rings. The van der Waals surface area contributed by atoms with E-state index in [0.717, 1.165) is 17.1 Å². The molecule has 0 radical (unpaired) electrons. The first-order chi connectivity index (χ1) is 12.9. The number of Topliss-reactive ketones (excluding diaryl/α,β-unsaturated/α-hetero) is 1. The predicted octanol–water partition coefficient (Wildman–Crippen LogP) is 5.09. The fraction of sp³-hybridized carbons (Fsp3) is 0.200. The summed E-state index contributed by atoms with van der Waals surface area (Å²) in [5.74, 6) is -0.246. The minimum atomic E-state index is -0.733. The average Bonchev–Trinajstić information content (AvgIpc) is 3.23. The molecular formula is C20H17Cl2NO4. The smallest absolute Gasteiger partial charge is 0.341 e. The number of benzene rings is 1. The van der Waals surface area contributed by atoms with Crippen molar-refractivity contribution in [3.63, 3.8) is 0 Å². The van der Waals surface area contributed by atoms with Gasteiger partial charge in [0.05, 0.1) is 28.4 Å². The molecule has 2 aromatic heterocycles. The number of carbonyl (C=O) groups is 2. The van der Waals surface area contributed by atoms with E-state index in [9.17, 15) is 9.59 Å². The highest BCUT2D eigenvalue weighted by atomic mass is 35.5. The molecule has 0 atom stereocenters. The average molecular weight is 406 g/mol. The van der Waals surface area contributed by atoms with Gasteiger partial charge in [-0.15, -0.1) is 0 Å². The number of ketones is 1. The Morgan fingerprint density at radius 3 is 2.44 bits per heavy atom. The number of halogens is 2. The first kappa shape index (κ1) is 19.3. The lowest BCUT2D eigenvalue weighted by atomic mass is 10.1. The van der Waals surface area contributed by atoms with Crippen molar-refractivity contribution in [3.8, 4) is 0 Å². The third-order valence-corrected chi connectivity index (χ3v) is 4.90. The number of esters is 1. The van der Waals surface area contributed by atoms with Crippen LogP contribution in [-0.4, -0.2) is 22.9 Å². The maximum atomic E-state index is 12.6. The van der Waals surface area contributed by atoms with Crippen molar-refractivity contribution in [2.75, 3.05) is 6.61 Å². The lowest BCUT2D eigenvalue weighted by molar-refractivity contribution is 0.0475. The maximum Gasteiger partial charge on any atom is 0.341 e. The molecule has 0 unspecified atom stereocenters. The van der Waals surface area contributed by atoms with E-state index in [4.69, 9.17) is 32.4 Å². The monoisotopic (exact) mass is 405 g/mol. The summed E-state index contributed by atoms with van der Waals surface area (Å²) < 4.78 is 12.5. The topological polar surface area (TPSA) is 61.4 Å². The van der Waals surface area contributed by atoms with E-state index in [1.54, 1.807) is 18.4 Å². The van der Waals surface area contributed by atoms with Crippen molar-refractivity contribution in [2.45, 2.75) is 20.4 Å². The number of hydrogen-bond acceptors (Lipinski definition) is 4. The van der Waals surface area contributed by atoms with E-state index in [1.165, 1.54) is 12.1 Å². The summed E-state index contributed by atoms with van der Waals surface area (Å²) in [6.07, 6.45) is 1.61. The summed E-state index contributed by atoms with van der Waals surface area (Å²) in [6.45, 7) is 3.87. The van der Waals surface area contributed by atoms with E-state index in [2.05, 4.69) is 0 Å². The number of nitrogens with zero attached hydrogens (tertiary/aromatic N) is 1. The second kappa shape index (κ2) is 8.03. The molecule has 0 aliphatic heterocycles. The molecule has 0 aliphatic carbocycles. The quantitative estimate of drug-likeness (QED) is 0.423. The SMILES string of the molecule is Cc1cc(C(=O)COC(=O)c2c(Cl)cccc2Cl)c(C)n1Cc1ccco1. The van der Waals surface area contributed by atoms with Gasteiger partial charge in [0.1, 0.15) is 5.76 Å². The van der Waals surface area contributed by atoms with E-state index in [-0.39, 0.29) is 21.4 Å². The number of rotatable bonds is 6. The molecular weight excluding hydrogens is 389 g/mol. The summed E-state index contributed by atoms with van der Waals surface area (Å²) in [5, 5.41) is 0.355. The van der Waals surface area contributed by atoms with E-state index in [1.807, 2.05) is 30.5 Å². The van der Waals surface area contributed by atoms with Crippen LogP contribution in [0.2, 0.25) is 10.0 Å². The molecule has 27 heavy (non-hydrogen) atoms. The molecule has 0 spiro atoms. The van der Waals surface area contributed by atoms with Gasteiger partial charge in [0.25, 0.3) is 0 Å². The zero-order valence-corrected chi connectivity index (χ0v) is 16.3. The van der Waals surface area contributed by atoms with Crippen molar-refractivity contribution >= 4 is 35.0 Å². The van der Waals surface area contributed by atoms with Crippen LogP contribution in [0.5, 0.6) is 0 Å². The van der Waals surface area contributed by atoms with Crippen LogP contribution in [0.4, 0.5) is 0 Å². The highest BCUT2D eigenvalue weighted by Crippen LogP contribution is 2.25. The van der Waals surface area contributed by atoms with Gasteiger partial charge >= 0.3 is 5.97 Å². The number of furan rings is 1. The second-order valence-electron chi connectivity index (χ2n) is 6.05. The summed E-state index contributed by atoms with van der Waals surface area (Å²) >= 11 is 12.0.